The van der Waals surface area contributed by atoms with Gasteiger partial charge in [0.25, 0.3) is 0 Å². The molecule has 1 aromatic rings. The molecule has 1 heterocycles. The molecular formula is C14H18N2O3. The Kier molecular flexibility index (Phi) is 4.16. The van der Waals surface area contributed by atoms with Gasteiger partial charge in [-0.2, -0.15) is 0 Å². The minimum Gasteiger partial charge on any atom is -0.395 e. The van der Waals surface area contributed by atoms with Crippen molar-refractivity contribution in [1.82, 2.24) is 10.2 Å². The molecule has 0 saturated carbocycles. The number of rotatable bonds is 3. The Morgan fingerprint density at radius 2 is 2.05 bits per heavy atom. The van der Waals surface area contributed by atoms with Gasteiger partial charge in [-0.1, -0.05) is 24.3 Å². The minimum atomic E-state index is -0.487. The smallest absolute Gasteiger partial charge is 0.243 e. The zero-order valence-corrected chi connectivity index (χ0v) is 10.9. The summed E-state index contributed by atoms with van der Waals surface area (Å²) in [6.07, 6.45) is 0.521. The predicted molar refractivity (Wildman–Crippen MR) is 70.3 cm³/mol. The highest BCUT2D eigenvalue weighted by atomic mass is 16.3. The summed E-state index contributed by atoms with van der Waals surface area (Å²) in [5.41, 5.74) is 2.19. The van der Waals surface area contributed by atoms with E-state index < -0.39 is 6.04 Å². The number of hydrogen-bond donors (Lipinski definition) is 2. The largest absolute Gasteiger partial charge is 0.395 e. The number of amides is 2. The molecule has 102 valence electrons. The Balaban J connectivity index is 2.21. The number of nitrogens with zero attached hydrogens (tertiary/aromatic N) is 1. The number of fused-ring (bicyclic) bond motifs is 1. The van der Waals surface area contributed by atoms with E-state index in [1.54, 1.807) is 4.90 Å². The van der Waals surface area contributed by atoms with Gasteiger partial charge in [0, 0.05) is 26.4 Å². The van der Waals surface area contributed by atoms with E-state index in [-0.39, 0.29) is 25.0 Å². The van der Waals surface area contributed by atoms with Gasteiger partial charge in [0.15, 0.2) is 0 Å². The van der Waals surface area contributed by atoms with Crippen LogP contribution in [0.1, 0.15) is 18.1 Å². The molecule has 2 rings (SSSR count). The van der Waals surface area contributed by atoms with Crippen molar-refractivity contribution in [3.05, 3.63) is 35.4 Å². The van der Waals surface area contributed by atoms with E-state index in [9.17, 15) is 9.59 Å². The lowest BCUT2D eigenvalue weighted by Crippen LogP contribution is -2.52. The molecule has 0 bridgehead atoms. The standard InChI is InChI=1S/C14H18N2O3/c1-10(18)16-9-12-5-3-2-4-11(12)8-13(16)14(19)15-6-7-17/h2-5,13,17H,6-9H2,1H3,(H,15,19)/t13-/m0/s1. The first kappa shape index (κ1) is 13.5. The van der Waals surface area contributed by atoms with Crippen molar-refractivity contribution in [2.45, 2.75) is 25.9 Å². The number of nitrogens with one attached hydrogen (secondary N) is 1. The summed E-state index contributed by atoms with van der Waals surface area (Å²) in [6, 6.07) is 7.35. The first-order valence-corrected chi connectivity index (χ1v) is 6.36. The van der Waals surface area contributed by atoms with Crippen molar-refractivity contribution >= 4 is 11.8 Å². The number of aliphatic hydroxyl groups is 1. The quantitative estimate of drug-likeness (QED) is 0.810. The van der Waals surface area contributed by atoms with E-state index in [0.717, 1.165) is 11.1 Å². The van der Waals surface area contributed by atoms with Crippen LogP contribution in [0.3, 0.4) is 0 Å². The summed E-state index contributed by atoms with van der Waals surface area (Å²) in [6.45, 7) is 2.04. The lowest BCUT2D eigenvalue weighted by Gasteiger charge is -2.35. The summed E-state index contributed by atoms with van der Waals surface area (Å²) in [7, 11) is 0. The van der Waals surface area contributed by atoms with Gasteiger partial charge in [-0.05, 0) is 11.1 Å². The minimum absolute atomic E-state index is 0.102. The summed E-state index contributed by atoms with van der Waals surface area (Å²) in [5, 5.41) is 11.4. The van der Waals surface area contributed by atoms with Crippen molar-refractivity contribution in [1.29, 1.82) is 0 Å². The SMILES string of the molecule is CC(=O)N1Cc2ccccc2C[C@H]1C(=O)NCCO. The second-order valence-corrected chi connectivity index (χ2v) is 4.65. The van der Waals surface area contributed by atoms with Crippen LogP contribution in [0.15, 0.2) is 24.3 Å². The van der Waals surface area contributed by atoms with Crippen LogP contribution in [0, 0.1) is 0 Å². The lowest BCUT2D eigenvalue weighted by molar-refractivity contribution is -0.140. The normalized spacial score (nSPS) is 17.8. The maximum absolute atomic E-state index is 12.1. The van der Waals surface area contributed by atoms with Crippen LogP contribution in [0.2, 0.25) is 0 Å². The number of hydrogen-bond acceptors (Lipinski definition) is 3. The summed E-state index contributed by atoms with van der Waals surface area (Å²) < 4.78 is 0. The first-order valence-electron chi connectivity index (χ1n) is 6.36. The second kappa shape index (κ2) is 5.84. The molecular weight excluding hydrogens is 244 g/mol. The average Bonchev–Trinajstić information content (AvgIpc) is 2.43. The molecule has 5 heteroatoms. The highest BCUT2D eigenvalue weighted by Crippen LogP contribution is 2.23. The molecule has 5 nitrogen and oxygen atoms in total. The molecule has 1 aliphatic rings. The molecule has 0 saturated heterocycles. The van der Waals surface area contributed by atoms with E-state index in [4.69, 9.17) is 5.11 Å². The molecule has 2 N–H and O–H groups in total. The topological polar surface area (TPSA) is 69.6 Å². The van der Waals surface area contributed by atoms with Crippen LogP contribution >= 0.6 is 0 Å². The van der Waals surface area contributed by atoms with Gasteiger partial charge in [-0.25, -0.2) is 0 Å². The summed E-state index contributed by atoms with van der Waals surface area (Å²) in [4.78, 5) is 25.3. The molecule has 1 aromatic carbocycles. The molecule has 1 aliphatic heterocycles. The highest BCUT2D eigenvalue weighted by Gasteiger charge is 2.32. The zero-order chi connectivity index (χ0) is 13.8. The number of aliphatic hydroxyl groups excluding tert-OH is 1. The van der Waals surface area contributed by atoms with Crippen LogP contribution < -0.4 is 5.32 Å². The first-order chi connectivity index (χ1) is 9.13. The van der Waals surface area contributed by atoms with Crippen molar-refractivity contribution in [2.24, 2.45) is 0 Å². The van der Waals surface area contributed by atoms with E-state index in [2.05, 4.69) is 5.32 Å². The van der Waals surface area contributed by atoms with Gasteiger partial charge in [0.05, 0.1) is 6.61 Å². The Morgan fingerprint density at radius 3 is 2.68 bits per heavy atom. The Labute approximate surface area is 112 Å². The molecule has 19 heavy (non-hydrogen) atoms. The Morgan fingerprint density at radius 1 is 1.37 bits per heavy atom. The van der Waals surface area contributed by atoms with E-state index >= 15 is 0 Å². The van der Waals surface area contributed by atoms with Crippen molar-refractivity contribution in [3.8, 4) is 0 Å². The van der Waals surface area contributed by atoms with E-state index in [0.29, 0.717) is 13.0 Å². The van der Waals surface area contributed by atoms with Gasteiger partial charge in [0.1, 0.15) is 6.04 Å². The third-order valence-electron chi connectivity index (χ3n) is 3.37. The van der Waals surface area contributed by atoms with E-state index in [1.165, 1.54) is 6.92 Å². The molecule has 0 unspecified atom stereocenters. The fourth-order valence-electron chi connectivity index (χ4n) is 2.39. The third-order valence-corrected chi connectivity index (χ3v) is 3.37. The summed E-state index contributed by atoms with van der Waals surface area (Å²) >= 11 is 0. The molecule has 0 aromatic heterocycles. The van der Waals surface area contributed by atoms with Gasteiger partial charge >= 0.3 is 0 Å². The maximum Gasteiger partial charge on any atom is 0.243 e. The Bertz CT molecular complexity index is 487. The van der Waals surface area contributed by atoms with Crippen LogP contribution in [0.4, 0.5) is 0 Å². The Hall–Kier alpha value is -1.88. The van der Waals surface area contributed by atoms with E-state index in [1.807, 2.05) is 24.3 Å². The second-order valence-electron chi connectivity index (χ2n) is 4.65. The fraction of sp³-hybridized carbons (Fsp3) is 0.429. The molecule has 2 amide bonds. The number of carbonyl (C=O) groups is 2. The molecule has 0 spiro atoms. The zero-order valence-electron chi connectivity index (χ0n) is 10.9. The van der Waals surface area contributed by atoms with Crippen molar-refractivity contribution in [3.63, 3.8) is 0 Å². The third kappa shape index (κ3) is 2.93. The predicted octanol–water partition coefficient (Wildman–Crippen LogP) is 0.0683. The van der Waals surface area contributed by atoms with Crippen molar-refractivity contribution in [2.75, 3.05) is 13.2 Å². The summed E-state index contributed by atoms with van der Waals surface area (Å²) in [5.74, 6) is -0.322. The van der Waals surface area contributed by atoms with Gasteiger partial charge in [-0.15, -0.1) is 0 Å². The van der Waals surface area contributed by atoms with Crippen LogP contribution in [-0.2, 0) is 22.6 Å². The number of benzene rings is 1. The highest BCUT2D eigenvalue weighted by molar-refractivity contribution is 5.87. The van der Waals surface area contributed by atoms with Crippen LogP contribution in [0.5, 0.6) is 0 Å². The van der Waals surface area contributed by atoms with Crippen LogP contribution in [-0.4, -0.2) is 41.0 Å². The monoisotopic (exact) mass is 262 g/mol. The molecule has 0 aliphatic carbocycles. The van der Waals surface area contributed by atoms with Crippen molar-refractivity contribution < 1.29 is 14.7 Å². The van der Waals surface area contributed by atoms with Gasteiger partial charge < -0.3 is 15.3 Å². The lowest BCUT2D eigenvalue weighted by atomic mass is 9.93. The fourth-order valence-corrected chi connectivity index (χ4v) is 2.39. The maximum atomic E-state index is 12.1. The molecule has 1 atom stereocenters. The van der Waals surface area contributed by atoms with Gasteiger partial charge in [-0.3, -0.25) is 9.59 Å². The van der Waals surface area contributed by atoms with Crippen LogP contribution in [0.25, 0.3) is 0 Å². The molecule has 0 radical (unpaired) electrons. The average molecular weight is 262 g/mol. The molecule has 0 fully saturated rings. The van der Waals surface area contributed by atoms with Gasteiger partial charge in [0.2, 0.25) is 11.8 Å². The number of carbonyl (C=O) groups excluding carboxylic acids is 2.